The van der Waals surface area contributed by atoms with Crippen molar-refractivity contribution in [2.45, 2.75) is 25.4 Å². The summed E-state index contributed by atoms with van der Waals surface area (Å²) in [5.74, 6) is 1.54. The highest BCUT2D eigenvalue weighted by Gasteiger charge is 2.24. The summed E-state index contributed by atoms with van der Waals surface area (Å²) in [5.41, 5.74) is 8.29. The molecule has 0 aromatic heterocycles. The molecule has 144 valence electrons. The zero-order chi connectivity index (χ0) is 19.2. The molecule has 1 heterocycles. The van der Waals surface area contributed by atoms with Crippen LogP contribution in [0.4, 0.5) is 5.69 Å². The standard InChI is InChI=1S/C21H27N3O3/c1-26-19-10-18(11-20(12-19)27-2)23-17-4-3-9-24(14-17)21(25)16-7-5-15(13-22)6-8-16/h5-8,10-12,17,23H,3-4,9,13-14,22H2,1-2H3. The van der Waals surface area contributed by atoms with E-state index in [0.29, 0.717) is 18.7 Å². The lowest BCUT2D eigenvalue weighted by Crippen LogP contribution is -2.45. The zero-order valence-electron chi connectivity index (χ0n) is 15.9. The van der Waals surface area contributed by atoms with E-state index in [1.807, 2.05) is 47.4 Å². The Bertz CT molecular complexity index is 754. The number of nitrogens with two attached hydrogens (primary N) is 1. The number of carbonyl (C=O) groups is 1. The summed E-state index contributed by atoms with van der Waals surface area (Å²) in [6.45, 7) is 1.92. The number of benzene rings is 2. The van der Waals surface area contributed by atoms with E-state index in [0.717, 1.165) is 42.1 Å². The van der Waals surface area contributed by atoms with Gasteiger partial charge in [-0.05, 0) is 30.5 Å². The first-order valence-electron chi connectivity index (χ1n) is 9.21. The van der Waals surface area contributed by atoms with Gasteiger partial charge in [-0.15, -0.1) is 0 Å². The predicted octanol–water partition coefficient (Wildman–Crippen LogP) is 2.88. The molecule has 0 radical (unpaired) electrons. The van der Waals surface area contributed by atoms with Gasteiger partial charge in [-0.2, -0.15) is 0 Å². The minimum atomic E-state index is 0.0632. The summed E-state index contributed by atoms with van der Waals surface area (Å²) in [6.07, 6.45) is 1.97. The number of piperidine rings is 1. The Kier molecular flexibility index (Phi) is 6.19. The van der Waals surface area contributed by atoms with E-state index < -0.39 is 0 Å². The maximum Gasteiger partial charge on any atom is 0.253 e. The highest BCUT2D eigenvalue weighted by Crippen LogP contribution is 2.27. The van der Waals surface area contributed by atoms with Crippen LogP contribution in [0.15, 0.2) is 42.5 Å². The molecular weight excluding hydrogens is 342 g/mol. The van der Waals surface area contributed by atoms with Crippen LogP contribution in [0.5, 0.6) is 11.5 Å². The lowest BCUT2D eigenvalue weighted by molar-refractivity contribution is 0.0715. The van der Waals surface area contributed by atoms with Crippen molar-refractivity contribution in [3.63, 3.8) is 0 Å². The van der Waals surface area contributed by atoms with Crippen LogP contribution < -0.4 is 20.5 Å². The molecule has 1 aliphatic rings. The van der Waals surface area contributed by atoms with Gasteiger partial charge in [-0.1, -0.05) is 12.1 Å². The second-order valence-corrected chi connectivity index (χ2v) is 6.74. The van der Waals surface area contributed by atoms with Crippen LogP contribution in [-0.4, -0.2) is 44.2 Å². The van der Waals surface area contributed by atoms with Gasteiger partial charge in [0.05, 0.1) is 14.2 Å². The van der Waals surface area contributed by atoms with Gasteiger partial charge in [0.2, 0.25) is 0 Å². The molecule has 0 aliphatic carbocycles. The number of methoxy groups -OCH3 is 2. The molecule has 1 amide bonds. The third kappa shape index (κ3) is 4.71. The maximum absolute atomic E-state index is 12.8. The van der Waals surface area contributed by atoms with E-state index in [1.165, 1.54) is 0 Å². The van der Waals surface area contributed by atoms with Crippen LogP contribution in [0, 0.1) is 0 Å². The SMILES string of the molecule is COc1cc(NC2CCCN(C(=O)c3ccc(CN)cc3)C2)cc(OC)c1. The Morgan fingerprint density at radius 2 is 1.81 bits per heavy atom. The lowest BCUT2D eigenvalue weighted by Gasteiger charge is -2.34. The summed E-state index contributed by atoms with van der Waals surface area (Å²) >= 11 is 0. The molecular formula is C21H27N3O3. The van der Waals surface area contributed by atoms with E-state index in [1.54, 1.807) is 14.2 Å². The largest absolute Gasteiger partial charge is 0.497 e. The van der Waals surface area contributed by atoms with Crippen LogP contribution >= 0.6 is 0 Å². The first-order chi connectivity index (χ1) is 13.1. The summed E-state index contributed by atoms with van der Waals surface area (Å²) < 4.78 is 10.7. The van der Waals surface area contributed by atoms with E-state index in [4.69, 9.17) is 15.2 Å². The molecule has 2 aromatic rings. The minimum absolute atomic E-state index is 0.0632. The Morgan fingerprint density at radius 1 is 1.15 bits per heavy atom. The molecule has 1 atom stereocenters. The monoisotopic (exact) mass is 369 g/mol. The number of ether oxygens (including phenoxy) is 2. The summed E-state index contributed by atoms with van der Waals surface area (Å²) in [4.78, 5) is 14.7. The van der Waals surface area contributed by atoms with Gasteiger partial charge in [0.15, 0.2) is 0 Å². The van der Waals surface area contributed by atoms with Gasteiger partial charge < -0.3 is 25.4 Å². The van der Waals surface area contributed by atoms with Crippen LogP contribution in [0.25, 0.3) is 0 Å². The smallest absolute Gasteiger partial charge is 0.253 e. The molecule has 3 N–H and O–H groups in total. The minimum Gasteiger partial charge on any atom is -0.497 e. The van der Waals surface area contributed by atoms with Crippen molar-refractivity contribution < 1.29 is 14.3 Å². The van der Waals surface area contributed by atoms with Crippen molar-refractivity contribution >= 4 is 11.6 Å². The number of likely N-dealkylation sites (tertiary alicyclic amines) is 1. The maximum atomic E-state index is 12.8. The molecule has 6 nitrogen and oxygen atoms in total. The second kappa shape index (κ2) is 8.77. The van der Waals surface area contributed by atoms with Crippen LogP contribution in [0.2, 0.25) is 0 Å². The molecule has 0 saturated carbocycles. The molecule has 1 fully saturated rings. The van der Waals surface area contributed by atoms with E-state index in [-0.39, 0.29) is 11.9 Å². The molecule has 0 spiro atoms. The van der Waals surface area contributed by atoms with Crippen molar-refractivity contribution in [2.24, 2.45) is 5.73 Å². The van der Waals surface area contributed by atoms with Crippen molar-refractivity contribution in [2.75, 3.05) is 32.6 Å². The van der Waals surface area contributed by atoms with Gasteiger partial charge in [0.1, 0.15) is 11.5 Å². The normalized spacial score (nSPS) is 16.7. The predicted molar refractivity (Wildman–Crippen MR) is 106 cm³/mol. The Labute approximate surface area is 160 Å². The molecule has 1 unspecified atom stereocenters. The van der Waals surface area contributed by atoms with Crippen molar-refractivity contribution in [3.05, 3.63) is 53.6 Å². The van der Waals surface area contributed by atoms with Gasteiger partial charge in [-0.25, -0.2) is 0 Å². The van der Waals surface area contributed by atoms with Gasteiger partial charge >= 0.3 is 0 Å². The van der Waals surface area contributed by atoms with Crippen molar-refractivity contribution in [1.82, 2.24) is 4.90 Å². The van der Waals surface area contributed by atoms with E-state index >= 15 is 0 Å². The van der Waals surface area contributed by atoms with Gasteiger partial charge in [-0.3, -0.25) is 4.79 Å². The molecule has 6 heteroatoms. The summed E-state index contributed by atoms with van der Waals surface area (Å²) in [5, 5.41) is 3.51. The number of rotatable bonds is 6. The fourth-order valence-electron chi connectivity index (χ4n) is 3.37. The van der Waals surface area contributed by atoms with E-state index in [9.17, 15) is 4.79 Å². The van der Waals surface area contributed by atoms with Gasteiger partial charge in [0.25, 0.3) is 5.91 Å². The average Bonchev–Trinajstić information content (AvgIpc) is 2.73. The fourth-order valence-corrected chi connectivity index (χ4v) is 3.37. The van der Waals surface area contributed by atoms with Crippen LogP contribution in [0.3, 0.4) is 0 Å². The number of anilines is 1. The molecule has 2 aromatic carbocycles. The topological polar surface area (TPSA) is 76.8 Å². The number of carbonyl (C=O) groups excluding carboxylic acids is 1. The zero-order valence-corrected chi connectivity index (χ0v) is 15.9. The number of nitrogens with zero attached hydrogens (tertiary/aromatic N) is 1. The van der Waals surface area contributed by atoms with E-state index in [2.05, 4.69) is 5.32 Å². The quantitative estimate of drug-likeness (QED) is 0.819. The van der Waals surface area contributed by atoms with Crippen molar-refractivity contribution in [1.29, 1.82) is 0 Å². The average molecular weight is 369 g/mol. The Morgan fingerprint density at radius 3 is 2.41 bits per heavy atom. The van der Waals surface area contributed by atoms with Crippen molar-refractivity contribution in [3.8, 4) is 11.5 Å². The first-order valence-corrected chi connectivity index (χ1v) is 9.21. The Hall–Kier alpha value is -2.73. The Balaban J connectivity index is 1.67. The molecule has 27 heavy (non-hydrogen) atoms. The third-order valence-corrected chi connectivity index (χ3v) is 4.87. The second-order valence-electron chi connectivity index (χ2n) is 6.74. The highest BCUT2D eigenvalue weighted by molar-refractivity contribution is 5.94. The first kappa shape index (κ1) is 19.0. The highest BCUT2D eigenvalue weighted by atomic mass is 16.5. The molecule has 1 saturated heterocycles. The number of hydrogen-bond acceptors (Lipinski definition) is 5. The molecule has 1 aliphatic heterocycles. The number of amides is 1. The molecule has 3 rings (SSSR count). The van der Waals surface area contributed by atoms with Gasteiger partial charge in [0, 0.05) is 55.1 Å². The number of hydrogen-bond donors (Lipinski definition) is 2. The van der Waals surface area contributed by atoms with Crippen LogP contribution in [-0.2, 0) is 6.54 Å². The summed E-state index contributed by atoms with van der Waals surface area (Å²) in [7, 11) is 3.27. The van der Waals surface area contributed by atoms with Crippen LogP contribution in [0.1, 0.15) is 28.8 Å². The fraction of sp³-hybridized carbons (Fsp3) is 0.381. The number of nitrogens with one attached hydrogen (secondary N) is 1. The third-order valence-electron chi connectivity index (χ3n) is 4.87. The lowest BCUT2D eigenvalue weighted by atomic mass is 10.0. The summed E-state index contributed by atoms with van der Waals surface area (Å²) in [6, 6.07) is 13.4. The molecule has 0 bridgehead atoms.